The van der Waals surface area contributed by atoms with Crippen LogP contribution in [0.3, 0.4) is 0 Å². The lowest BCUT2D eigenvalue weighted by Gasteiger charge is -2.50. The summed E-state index contributed by atoms with van der Waals surface area (Å²) in [5, 5.41) is 0. The van der Waals surface area contributed by atoms with E-state index in [1.165, 1.54) is 22.3 Å². The monoisotopic (exact) mass is 401 g/mol. The van der Waals surface area contributed by atoms with Gasteiger partial charge in [0.2, 0.25) is 0 Å². The highest BCUT2D eigenvalue weighted by molar-refractivity contribution is 7.01. The summed E-state index contributed by atoms with van der Waals surface area (Å²) in [7, 11) is -3.07. The molecule has 4 heteroatoms. The molecule has 0 unspecified atom stereocenters. The summed E-state index contributed by atoms with van der Waals surface area (Å²) < 4.78 is 3.03. The zero-order chi connectivity index (χ0) is 20.1. The minimum absolute atomic E-state index is 0.428. The van der Waals surface area contributed by atoms with Gasteiger partial charge in [0.25, 0.3) is 6.85 Å². The molecule has 2 aromatic carbocycles. The van der Waals surface area contributed by atoms with Gasteiger partial charge >= 0.3 is 0 Å². The summed E-state index contributed by atoms with van der Waals surface area (Å²) in [4.78, 5) is 0. The van der Waals surface area contributed by atoms with Gasteiger partial charge in [0.05, 0.1) is 0 Å². The van der Waals surface area contributed by atoms with E-state index in [9.17, 15) is 0 Å². The molecule has 0 radical (unpaired) electrons. The standard InChI is InChI=1S/C24H32BNSi2/c1-27(2,3)26(28(4,5)6)25(19-13-7-8-14-19)24-22-17-11-9-15-20(22)21-16-10-12-18-23(21)24/h7-13,15-18,24H,14H2,1-6H3. The lowest BCUT2D eigenvalue weighted by molar-refractivity contribution is 0.882. The first-order valence-electron chi connectivity index (χ1n) is 10.5. The van der Waals surface area contributed by atoms with Crippen LogP contribution < -0.4 is 0 Å². The number of fused-ring (bicyclic) bond motifs is 3. The van der Waals surface area contributed by atoms with Gasteiger partial charge in [-0.15, -0.1) is 0 Å². The van der Waals surface area contributed by atoms with Gasteiger partial charge in [-0.2, -0.15) is 0 Å². The Hall–Kier alpha value is -1.62. The molecule has 2 aromatic rings. The molecule has 0 saturated carbocycles. The summed E-state index contributed by atoms with van der Waals surface area (Å²) in [6.07, 6.45) is 8.10. The number of hydrogen-bond donors (Lipinski definition) is 0. The van der Waals surface area contributed by atoms with Gasteiger partial charge < -0.3 is 4.14 Å². The van der Waals surface area contributed by atoms with Crippen LogP contribution in [-0.4, -0.2) is 27.5 Å². The van der Waals surface area contributed by atoms with Crippen LogP contribution in [-0.2, 0) is 0 Å². The lowest BCUT2D eigenvalue weighted by atomic mass is 9.44. The molecule has 0 aliphatic heterocycles. The van der Waals surface area contributed by atoms with Crippen LogP contribution in [0.1, 0.15) is 23.4 Å². The van der Waals surface area contributed by atoms with E-state index >= 15 is 0 Å². The molecule has 4 rings (SSSR count). The Labute approximate surface area is 173 Å². The number of nitrogens with zero attached hydrogens (tertiary/aromatic N) is 1. The number of rotatable bonds is 5. The van der Waals surface area contributed by atoms with Crippen molar-refractivity contribution in [1.29, 1.82) is 0 Å². The Morgan fingerprint density at radius 3 is 1.71 bits per heavy atom. The van der Waals surface area contributed by atoms with Crippen molar-refractivity contribution in [3.05, 3.63) is 83.4 Å². The van der Waals surface area contributed by atoms with Gasteiger partial charge in [-0.1, -0.05) is 112 Å². The van der Waals surface area contributed by atoms with E-state index in [2.05, 4.69) is 110 Å². The van der Waals surface area contributed by atoms with Crippen molar-refractivity contribution in [3.63, 3.8) is 0 Å². The molecule has 0 saturated heterocycles. The third-order valence-electron chi connectivity index (χ3n) is 6.10. The van der Waals surface area contributed by atoms with Crippen LogP contribution in [0.5, 0.6) is 0 Å². The number of benzene rings is 2. The van der Waals surface area contributed by atoms with Gasteiger partial charge in [0.15, 0.2) is 0 Å². The van der Waals surface area contributed by atoms with Crippen LogP contribution >= 0.6 is 0 Å². The summed E-state index contributed by atoms with van der Waals surface area (Å²) in [5.74, 6) is 0.428. The van der Waals surface area contributed by atoms with E-state index in [-0.39, 0.29) is 0 Å². The predicted molar refractivity (Wildman–Crippen MR) is 130 cm³/mol. The SMILES string of the molecule is C[Si](C)(C)N(B(C1=CC=CC1)C1c2ccccc2-c2ccccc21)[Si](C)(C)C. The molecule has 1 nitrogen and oxygen atoms in total. The maximum absolute atomic E-state index is 3.03. The van der Waals surface area contributed by atoms with Crippen LogP contribution in [0, 0.1) is 0 Å². The van der Waals surface area contributed by atoms with Crippen molar-refractivity contribution < 1.29 is 0 Å². The number of allylic oxidation sites excluding steroid dienone is 4. The Kier molecular flexibility index (Phi) is 4.93. The lowest BCUT2D eigenvalue weighted by Crippen LogP contribution is -2.67. The normalized spacial score (nSPS) is 16.3. The minimum atomic E-state index is -1.54. The fourth-order valence-electron chi connectivity index (χ4n) is 5.59. The van der Waals surface area contributed by atoms with E-state index in [1.54, 1.807) is 5.47 Å². The van der Waals surface area contributed by atoms with Crippen molar-refractivity contribution in [2.24, 2.45) is 0 Å². The first-order valence-corrected chi connectivity index (χ1v) is 17.4. The molecule has 0 N–H and O–H groups in total. The minimum Gasteiger partial charge on any atom is -0.383 e. The van der Waals surface area contributed by atoms with Gasteiger partial charge in [0.1, 0.15) is 16.5 Å². The molecule has 144 valence electrons. The summed E-state index contributed by atoms with van der Waals surface area (Å²) in [6, 6.07) is 18.2. The fraction of sp³-hybridized carbons (Fsp3) is 0.333. The third kappa shape index (κ3) is 3.32. The van der Waals surface area contributed by atoms with Crippen LogP contribution in [0.2, 0.25) is 39.3 Å². The average molecular weight is 402 g/mol. The largest absolute Gasteiger partial charge is 0.383 e. The molecule has 0 amide bonds. The summed E-state index contributed by atoms with van der Waals surface area (Å²) in [6.45, 7) is 15.7. The Morgan fingerprint density at radius 1 is 0.786 bits per heavy atom. The van der Waals surface area contributed by atoms with Crippen molar-refractivity contribution in [2.45, 2.75) is 51.5 Å². The Morgan fingerprint density at radius 2 is 1.29 bits per heavy atom. The molecule has 2 aliphatic rings. The second kappa shape index (κ2) is 7.01. The zero-order valence-electron chi connectivity index (χ0n) is 18.2. The highest BCUT2D eigenvalue weighted by atomic mass is 28.4. The molecule has 0 fully saturated rings. The quantitative estimate of drug-likeness (QED) is 0.502. The highest BCUT2D eigenvalue weighted by Gasteiger charge is 2.49. The maximum atomic E-state index is 3.03. The van der Waals surface area contributed by atoms with Crippen LogP contribution in [0.15, 0.2) is 72.2 Å². The van der Waals surface area contributed by atoms with E-state index in [0.29, 0.717) is 12.7 Å². The number of hydrogen-bond acceptors (Lipinski definition) is 1. The molecule has 0 spiro atoms. The molecule has 2 aliphatic carbocycles. The van der Waals surface area contributed by atoms with Gasteiger partial charge in [-0.05, 0) is 28.7 Å². The highest BCUT2D eigenvalue weighted by Crippen LogP contribution is 2.49. The smallest absolute Gasteiger partial charge is 0.252 e. The molecule has 0 bridgehead atoms. The first-order chi connectivity index (χ1) is 13.2. The Balaban J connectivity index is 1.96. The molecular formula is C24H32BNSi2. The van der Waals surface area contributed by atoms with Crippen molar-refractivity contribution >= 4 is 23.3 Å². The van der Waals surface area contributed by atoms with E-state index in [0.717, 1.165) is 6.42 Å². The van der Waals surface area contributed by atoms with Gasteiger partial charge in [0, 0.05) is 5.82 Å². The Bertz CT molecular complexity index is 890. The predicted octanol–water partition coefficient (Wildman–Crippen LogP) is 6.73. The van der Waals surface area contributed by atoms with Gasteiger partial charge in [-0.3, -0.25) is 0 Å². The third-order valence-corrected chi connectivity index (χ3v) is 13.6. The van der Waals surface area contributed by atoms with E-state index in [4.69, 9.17) is 0 Å². The first kappa shape index (κ1) is 19.7. The van der Waals surface area contributed by atoms with Crippen LogP contribution in [0.25, 0.3) is 11.1 Å². The second-order valence-corrected chi connectivity index (χ2v) is 20.3. The summed E-state index contributed by atoms with van der Waals surface area (Å²) in [5.41, 5.74) is 7.50. The molecule has 0 atom stereocenters. The molecule has 28 heavy (non-hydrogen) atoms. The molecule has 0 aromatic heterocycles. The zero-order valence-corrected chi connectivity index (χ0v) is 20.2. The van der Waals surface area contributed by atoms with Crippen molar-refractivity contribution in [1.82, 2.24) is 4.14 Å². The summed E-state index contributed by atoms with van der Waals surface area (Å²) >= 11 is 0. The van der Waals surface area contributed by atoms with E-state index < -0.39 is 16.5 Å². The molecule has 0 heterocycles. The maximum Gasteiger partial charge on any atom is 0.252 e. The average Bonchev–Trinajstić information content (AvgIpc) is 3.24. The van der Waals surface area contributed by atoms with Crippen molar-refractivity contribution in [3.8, 4) is 11.1 Å². The van der Waals surface area contributed by atoms with Gasteiger partial charge in [-0.25, -0.2) is 0 Å². The van der Waals surface area contributed by atoms with Crippen LogP contribution in [0.4, 0.5) is 0 Å². The van der Waals surface area contributed by atoms with E-state index in [1.807, 2.05) is 0 Å². The topological polar surface area (TPSA) is 3.24 Å². The molecular weight excluding hydrogens is 369 g/mol. The fourth-order valence-corrected chi connectivity index (χ4v) is 15.9. The van der Waals surface area contributed by atoms with Crippen molar-refractivity contribution in [2.75, 3.05) is 0 Å². The second-order valence-electron chi connectivity index (χ2n) is 10.2.